The summed E-state index contributed by atoms with van der Waals surface area (Å²) in [7, 11) is 0. The molecule has 0 saturated heterocycles. The summed E-state index contributed by atoms with van der Waals surface area (Å²) in [5, 5.41) is 2.87. The number of nitrogens with one attached hydrogen (secondary N) is 1. The molecule has 1 atom stereocenters. The highest BCUT2D eigenvalue weighted by Gasteiger charge is 2.02. The molecule has 0 spiro atoms. The van der Waals surface area contributed by atoms with Crippen molar-refractivity contribution in [1.29, 1.82) is 0 Å². The third-order valence-electron chi connectivity index (χ3n) is 2.99. The summed E-state index contributed by atoms with van der Waals surface area (Å²) in [5.41, 5.74) is 6.89. The number of carbonyl (C=O) groups excluding carboxylic acids is 1. The maximum Gasteiger partial charge on any atom is 0.220 e. The molecule has 1 rings (SSSR count). The van der Waals surface area contributed by atoms with Crippen LogP contribution >= 0.6 is 12.4 Å². The predicted molar refractivity (Wildman–Crippen MR) is 88.7 cm³/mol. The summed E-state index contributed by atoms with van der Waals surface area (Å²) in [5.74, 6) is 0.0755. The molecular formula is C16H27ClN2O2. The van der Waals surface area contributed by atoms with E-state index >= 15 is 0 Å². The average molecular weight is 315 g/mol. The first-order valence-corrected chi connectivity index (χ1v) is 7.32. The van der Waals surface area contributed by atoms with Gasteiger partial charge in [-0.25, -0.2) is 0 Å². The molecule has 0 aromatic heterocycles. The van der Waals surface area contributed by atoms with Crippen molar-refractivity contribution >= 4 is 18.3 Å². The molecule has 3 N–H and O–H groups in total. The number of hydrogen-bond acceptors (Lipinski definition) is 3. The molecule has 120 valence electrons. The Balaban J connectivity index is 0.00000400. The van der Waals surface area contributed by atoms with Gasteiger partial charge in [-0.15, -0.1) is 12.4 Å². The summed E-state index contributed by atoms with van der Waals surface area (Å²) >= 11 is 0. The highest BCUT2D eigenvalue weighted by atomic mass is 35.5. The lowest BCUT2D eigenvalue weighted by Gasteiger charge is -2.07. The predicted octanol–water partition coefficient (Wildman–Crippen LogP) is 2.30. The second kappa shape index (κ2) is 12.6. The van der Waals surface area contributed by atoms with Crippen LogP contribution in [0.5, 0.6) is 0 Å². The molecule has 1 unspecified atom stereocenters. The van der Waals surface area contributed by atoms with Crippen LogP contribution in [0.25, 0.3) is 0 Å². The summed E-state index contributed by atoms with van der Waals surface area (Å²) in [6, 6.07) is 10.4. The van der Waals surface area contributed by atoms with Gasteiger partial charge in [-0.3, -0.25) is 4.79 Å². The topological polar surface area (TPSA) is 64.4 Å². The summed E-state index contributed by atoms with van der Waals surface area (Å²) in [6.45, 7) is 3.99. The molecule has 5 heteroatoms. The Labute approximate surface area is 133 Å². The van der Waals surface area contributed by atoms with Crippen LogP contribution < -0.4 is 11.1 Å². The zero-order chi connectivity index (χ0) is 14.6. The van der Waals surface area contributed by atoms with E-state index in [9.17, 15) is 4.79 Å². The molecule has 0 saturated carbocycles. The number of rotatable bonds is 10. The first-order valence-electron chi connectivity index (χ1n) is 7.32. The Morgan fingerprint density at radius 1 is 1.29 bits per heavy atom. The number of hydrogen-bond donors (Lipinski definition) is 2. The Morgan fingerprint density at radius 2 is 2.00 bits per heavy atom. The summed E-state index contributed by atoms with van der Waals surface area (Å²) in [6.07, 6.45) is 3.02. The first kappa shape index (κ1) is 19.9. The maximum absolute atomic E-state index is 11.4. The minimum Gasteiger partial charge on any atom is -0.381 e. The van der Waals surface area contributed by atoms with Gasteiger partial charge < -0.3 is 15.8 Å². The Morgan fingerprint density at radius 3 is 2.67 bits per heavy atom. The van der Waals surface area contributed by atoms with E-state index < -0.39 is 0 Å². The average Bonchev–Trinajstić information content (AvgIpc) is 2.45. The zero-order valence-corrected chi connectivity index (χ0v) is 13.5. The third kappa shape index (κ3) is 11.3. The Bertz CT molecular complexity index is 372. The van der Waals surface area contributed by atoms with Crippen LogP contribution in [0.15, 0.2) is 30.3 Å². The third-order valence-corrected chi connectivity index (χ3v) is 2.99. The standard InChI is InChI=1S/C16H26N2O2.ClH/c1-14(17)8-9-16(19)18-11-5-12-20-13-10-15-6-3-2-4-7-15;/h2-4,6-7,14H,5,8-13,17H2,1H3,(H,18,19);1H. The van der Waals surface area contributed by atoms with Gasteiger partial charge in [-0.05, 0) is 31.7 Å². The zero-order valence-electron chi connectivity index (χ0n) is 12.7. The van der Waals surface area contributed by atoms with Crippen LogP contribution in [-0.2, 0) is 16.0 Å². The van der Waals surface area contributed by atoms with E-state index in [0.717, 1.165) is 25.9 Å². The van der Waals surface area contributed by atoms with Gasteiger partial charge in [-0.2, -0.15) is 0 Å². The Kier molecular flexibility index (Phi) is 12.0. The van der Waals surface area contributed by atoms with Crippen molar-refractivity contribution < 1.29 is 9.53 Å². The fourth-order valence-electron chi connectivity index (χ4n) is 1.79. The van der Waals surface area contributed by atoms with Crippen LogP contribution in [0.4, 0.5) is 0 Å². The molecule has 0 aliphatic rings. The van der Waals surface area contributed by atoms with Crippen LogP contribution in [0.2, 0.25) is 0 Å². The highest BCUT2D eigenvalue weighted by Crippen LogP contribution is 1.99. The first-order chi connectivity index (χ1) is 9.68. The summed E-state index contributed by atoms with van der Waals surface area (Å²) in [4.78, 5) is 11.4. The van der Waals surface area contributed by atoms with Gasteiger partial charge in [0.05, 0.1) is 6.61 Å². The number of halogens is 1. The van der Waals surface area contributed by atoms with Crippen LogP contribution in [0, 0.1) is 0 Å². The van der Waals surface area contributed by atoms with Crippen molar-refractivity contribution in [3.63, 3.8) is 0 Å². The van der Waals surface area contributed by atoms with Crippen molar-refractivity contribution in [3.05, 3.63) is 35.9 Å². The molecule has 4 nitrogen and oxygen atoms in total. The largest absolute Gasteiger partial charge is 0.381 e. The van der Waals surface area contributed by atoms with E-state index in [1.54, 1.807) is 0 Å². The lowest BCUT2D eigenvalue weighted by molar-refractivity contribution is -0.121. The van der Waals surface area contributed by atoms with Gasteiger partial charge in [0.25, 0.3) is 0 Å². The molecule has 1 aromatic carbocycles. The van der Waals surface area contributed by atoms with Gasteiger partial charge in [-0.1, -0.05) is 30.3 Å². The molecule has 0 heterocycles. The Hall–Kier alpha value is -1.10. The van der Waals surface area contributed by atoms with Crippen LogP contribution in [0.3, 0.4) is 0 Å². The van der Waals surface area contributed by atoms with E-state index in [0.29, 0.717) is 19.6 Å². The molecule has 0 radical (unpaired) electrons. The molecule has 0 aliphatic heterocycles. The fraction of sp³-hybridized carbons (Fsp3) is 0.562. The molecular weight excluding hydrogens is 288 g/mol. The second-order valence-corrected chi connectivity index (χ2v) is 5.07. The second-order valence-electron chi connectivity index (χ2n) is 5.07. The number of nitrogens with two attached hydrogens (primary N) is 1. The normalized spacial score (nSPS) is 11.5. The minimum absolute atomic E-state index is 0. The quantitative estimate of drug-likeness (QED) is 0.651. The van der Waals surface area contributed by atoms with Gasteiger partial charge in [0.2, 0.25) is 5.91 Å². The van der Waals surface area contributed by atoms with Gasteiger partial charge in [0.15, 0.2) is 0 Å². The lowest BCUT2D eigenvalue weighted by atomic mass is 10.2. The van der Waals surface area contributed by atoms with Crippen molar-refractivity contribution in [2.24, 2.45) is 5.73 Å². The van der Waals surface area contributed by atoms with Crippen molar-refractivity contribution in [2.45, 2.75) is 38.6 Å². The maximum atomic E-state index is 11.4. The summed E-state index contributed by atoms with van der Waals surface area (Å²) < 4.78 is 5.55. The van der Waals surface area contributed by atoms with Crippen molar-refractivity contribution in [1.82, 2.24) is 5.32 Å². The minimum atomic E-state index is 0. The van der Waals surface area contributed by atoms with E-state index in [2.05, 4.69) is 17.4 Å². The van der Waals surface area contributed by atoms with E-state index in [-0.39, 0.29) is 24.4 Å². The van der Waals surface area contributed by atoms with E-state index in [1.165, 1.54) is 5.56 Å². The monoisotopic (exact) mass is 314 g/mol. The van der Waals surface area contributed by atoms with Crippen molar-refractivity contribution in [3.8, 4) is 0 Å². The fourth-order valence-corrected chi connectivity index (χ4v) is 1.79. The van der Waals surface area contributed by atoms with Gasteiger partial charge in [0.1, 0.15) is 0 Å². The lowest BCUT2D eigenvalue weighted by Crippen LogP contribution is -2.27. The van der Waals surface area contributed by atoms with Crippen LogP contribution in [0.1, 0.15) is 31.7 Å². The number of amides is 1. The highest BCUT2D eigenvalue weighted by molar-refractivity contribution is 5.85. The molecule has 1 aromatic rings. The number of benzene rings is 1. The van der Waals surface area contributed by atoms with Gasteiger partial charge >= 0.3 is 0 Å². The molecule has 1 amide bonds. The van der Waals surface area contributed by atoms with E-state index in [1.807, 2.05) is 25.1 Å². The van der Waals surface area contributed by atoms with Crippen molar-refractivity contribution in [2.75, 3.05) is 19.8 Å². The van der Waals surface area contributed by atoms with Crippen LogP contribution in [-0.4, -0.2) is 31.7 Å². The van der Waals surface area contributed by atoms with E-state index in [4.69, 9.17) is 10.5 Å². The molecule has 0 fully saturated rings. The number of carbonyl (C=O) groups is 1. The molecule has 21 heavy (non-hydrogen) atoms. The SMILES string of the molecule is CC(N)CCC(=O)NCCCOCCc1ccccc1.Cl. The smallest absolute Gasteiger partial charge is 0.220 e. The molecule has 0 bridgehead atoms. The van der Waals surface area contributed by atoms with Gasteiger partial charge in [0, 0.05) is 25.6 Å². The molecule has 0 aliphatic carbocycles. The number of ether oxygens (including phenoxy) is 1.